The van der Waals surface area contributed by atoms with E-state index in [0.29, 0.717) is 0 Å². The van der Waals surface area contributed by atoms with Gasteiger partial charge >= 0.3 is 23.9 Å². The van der Waals surface area contributed by atoms with E-state index in [1.54, 1.807) is 41.5 Å². The van der Waals surface area contributed by atoms with E-state index < -0.39 is 53.7 Å². The van der Waals surface area contributed by atoms with E-state index in [9.17, 15) is 24.0 Å². The van der Waals surface area contributed by atoms with Crippen LogP contribution in [0.1, 0.15) is 82.1 Å². The number of aliphatic carboxylic acids is 2. The van der Waals surface area contributed by atoms with E-state index in [2.05, 4.69) is 4.74 Å². The number of carboxylic acid groups (broad SMARTS) is 2. The van der Waals surface area contributed by atoms with Gasteiger partial charge in [-0.3, -0.25) is 19.2 Å². The maximum absolute atomic E-state index is 11.7. The van der Waals surface area contributed by atoms with Gasteiger partial charge in [0.25, 0.3) is 0 Å². The molecular formula is C25H46O11. The number of ether oxygens (including phenoxy) is 4. The van der Waals surface area contributed by atoms with Gasteiger partial charge in [0.15, 0.2) is 11.9 Å². The molecule has 0 fully saturated rings. The van der Waals surface area contributed by atoms with Crippen LogP contribution in [-0.2, 0) is 42.9 Å². The monoisotopic (exact) mass is 522 g/mol. The summed E-state index contributed by atoms with van der Waals surface area (Å²) in [5, 5.41) is 16.6. The Morgan fingerprint density at radius 3 is 1.17 bits per heavy atom. The third-order valence-corrected chi connectivity index (χ3v) is 3.73. The average Bonchev–Trinajstić information content (AvgIpc) is 2.58. The molecule has 2 atom stereocenters. The summed E-state index contributed by atoms with van der Waals surface area (Å²) in [7, 11) is 2.87. The van der Waals surface area contributed by atoms with Crippen molar-refractivity contribution in [3.05, 3.63) is 0 Å². The lowest BCUT2D eigenvalue weighted by molar-refractivity contribution is -0.160. The van der Waals surface area contributed by atoms with Crippen LogP contribution in [0.2, 0.25) is 0 Å². The zero-order chi connectivity index (χ0) is 29.4. The molecule has 0 aliphatic rings. The molecule has 0 aromatic rings. The van der Waals surface area contributed by atoms with Gasteiger partial charge in [-0.1, -0.05) is 27.7 Å². The van der Waals surface area contributed by atoms with Crippen molar-refractivity contribution in [1.82, 2.24) is 0 Å². The number of hydrogen-bond acceptors (Lipinski definition) is 9. The fourth-order valence-electron chi connectivity index (χ4n) is 2.56. The summed E-state index contributed by atoms with van der Waals surface area (Å²) >= 11 is 0. The van der Waals surface area contributed by atoms with Crippen molar-refractivity contribution in [2.75, 3.05) is 14.2 Å². The number of methoxy groups -OCH3 is 2. The van der Waals surface area contributed by atoms with E-state index in [0.717, 1.165) is 0 Å². The standard InChI is InChI=1S/C12H22O4.C7H12O4.C6H12O3/c1-8(2)11(15-6)9(13)7-10(14)16-12(3,4)5;1-7(2,3)11-6(10)4-5(8)9;1-4(2)5(9-3)6(7)8/h8,11H,7H2,1-6H3;4H2,1-3H3,(H,8,9);4-5H,1-3H3,(H,7,8)/t11-;;5-/m1.1/s1. The molecule has 0 spiro atoms. The number of rotatable bonds is 10. The SMILES string of the molecule is CC(C)(C)OC(=O)CC(=O)O.CO[C@@H](C(=O)CC(=O)OC(C)(C)C)C(C)C.CO[C@@H](C(=O)O)C(C)C. The number of esters is 2. The van der Waals surface area contributed by atoms with E-state index in [-0.39, 0.29) is 24.0 Å². The van der Waals surface area contributed by atoms with Crippen molar-refractivity contribution >= 4 is 29.7 Å². The Morgan fingerprint density at radius 2 is 0.972 bits per heavy atom. The number of hydrogen-bond donors (Lipinski definition) is 2. The minimum atomic E-state index is -1.17. The average molecular weight is 523 g/mol. The van der Waals surface area contributed by atoms with Crippen molar-refractivity contribution in [1.29, 1.82) is 0 Å². The Labute approximate surface area is 214 Å². The van der Waals surface area contributed by atoms with Crippen LogP contribution in [0, 0.1) is 11.8 Å². The van der Waals surface area contributed by atoms with Crippen LogP contribution >= 0.6 is 0 Å². The van der Waals surface area contributed by atoms with Crippen molar-refractivity contribution < 1.29 is 53.1 Å². The zero-order valence-corrected chi connectivity index (χ0v) is 23.8. The van der Waals surface area contributed by atoms with Gasteiger partial charge in [0, 0.05) is 14.2 Å². The first-order valence-corrected chi connectivity index (χ1v) is 11.5. The summed E-state index contributed by atoms with van der Waals surface area (Å²) in [5.41, 5.74) is -1.16. The van der Waals surface area contributed by atoms with Crippen LogP contribution in [0.5, 0.6) is 0 Å². The van der Waals surface area contributed by atoms with Crippen molar-refractivity contribution in [3.63, 3.8) is 0 Å². The van der Waals surface area contributed by atoms with Gasteiger partial charge in [-0.05, 0) is 53.4 Å². The van der Waals surface area contributed by atoms with E-state index >= 15 is 0 Å². The molecule has 36 heavy (non-hydrogen) atoms. The highest BCUT2D eigenvalue weighted by Crippen LogP contribution is 2.13. The summed E-state index contributed by atoms with van der Waals surface area (Å²) < 4.78 is 19.5. The predicted octanol–water partition coefficient (Wildman–Crippen LogP) is 3.50. The molecule has 0 aromatic carbocycles. The number of carbonyl (C=O) groups is 5. The predicted molar refractivity (Wildman–Crippen MR) is 132 cm³/mol. The normalized spacial score (nSPS) is 12.8. The molecule has 0 radical (unpaired) electrons. The van der Waals surface area contributed by atoms with Crippen LogP contribution in [0.4, 0.5) is 0 Å². The summed E-state index contributed by atoms with van der Waals surface area (Å²) in [5.74, 6) is -3.41. The highest BCUT2D eigenvalue weighted by Gasteiger charge is 2.26. The maximum Gasteiger partial charge on any atom is 0.333 e. The lowest BCUT2D eigenvalue weighted by Gasteiger charge is -2.21. The van der Waals surface area contributed by atoms with Crippen LogP contribution in [0.3, 0.4) is 0 Å². The second kappa shape index (κ2) is 17.8. The topological polar surface area (TPSA) is 163 Å². The highest BCUT2D eigenvalue weighted by atomic mass is 16.6. The number of Topliss-reactive ketones (excluding diaryl/α,β-unsaturated/α-hetero) is 1. The fraction of sp³-hybridized carbons (Fsp3) is 0.800. The minimum Gasteiger partial charge on any atom is -0.481 e. The van der Waals surface area contributed by atoms with Gasteiger partial charge in [0.1, 0.15) is 30.1 Å². The summed E-state index contributed by atoms with van der Waals surface area (Å²) in [6.45, 7) is 17.7. The molecule has 11 nitrogen and oxygen atoms in total. The summed E-state index contributed by atoms with van der Waals surface area (Å²) in [6, 6.07) is 0. The molecule has 0 aromatic heterocycles. The Morgan fingerprint density at radius 1 is 0.639 bits per heavy atom. The molecule has 0 aliphatic carbocycles. The second-order valence-electron chi connectivity index (χ2n) is 10.5. The van der Waals surface area contributed by atoms with E-state index in [1.807, 2.05) is 27.7 Å². The van der Waals surface area contributed by atoms with E-state index in [1.165, 1.54) is 14.2 Å². The number of carboxylic acids is 2. The van der Waals surface area contributed by atoms with Gasteiger partial charge < -0.3 is 29.2 Å². The van der Waals surface area contributed by atoms with Crippen molar-refractivity contribution in [3.8, 4) is 0 Å². The summed E-state index contributed by atoms with van der Waals surface area (Å²) in [4.78, 5) is 54.0. The lowest BCUT2D eigenvalue weighted by atomic mass is 10.0. The Balaban J connectivity index is -0.000000477. The molecule has 11 heteroatoms. The first-order valence-electron chi connectivity index (χ1n) is 11.5. The largest absolute Gasteiger partial charge is 0.481 e. The van der Waals surface area contributed by atoms with Crippen LogP contribution in [0.25, 0.3) is 0 Å². The van der Waals surface area contributed by atoms with Crippen LogP contribution in [0.15, 0.2) is 0 Å². The smallest absolute Gasteiger partial charge is 0.333 e. The summed E-state index contributed by atoms with van der Waals surface area (Å²) in [6.07, 6.45) is -2.00. The van der Waals surface area contributed by atoms with Gasteiger partial charge in [-0.25, -0.2) is 4.79 Å². The molecule has 0 heterocycles. The van der Waals surface area contributed by atoms with E-state index in [4.69, 9.17) is 24.4 Å². The quantitative estimate of drug-likeness (QED) is 0.319. The first-order chi connectivity index (χ1) is 16.1. The Kier molecular flexibility index (Phi) is 18.8. The first kappa shape index (κ1) is 38.0. The molecule has 0 rings (SSSR count). The van der Waals surface area contributed by atoms with Gasteiger partial charge in [-0.2, -0.15) is 0 Å². The van der Waals surface area contributed by atoms with Gasteiger partial charge in [0.2, 0.25) is 0 Å². The molecule has 0 unspecified atom stereocenters. The highest BCUT2D eigenvalue weighted by molar-refractivity contribution is 5.98. The third-order valence-electron chi connectivity index (χ3n) is 3.73. The molecule has 2 N–H and O–H groups in total. The van der Waals surface area contributed by atoms with Crippen LogP contribution in [-0.4, -0.2) is 77.5 Å². The Hall–Kier alpha value is -2.53. The van der Waals surface area contributed by atoms with Crippen molar-refractivity contribution in [2.45, 2.75) is 105 Å². The zero-order valence-electron chi connectivity index (χ0n) is 23.8. The number of ketones is 1. The molecule has 0 saturated carbocycles. The molecular weight excluding hydrogens is 476 g/mol. The third kappa shape index (κ3) is 23.2. The fourth-order valence-corrected chi connectivity index (χ4v) is 2.56. The second-order valence-corrected chi connectivity index (χ2v) is 10.5. The number of carbonyl (C=O) groups excluding carboxylic acids is 3. The molecule has 0 saturated heterocycles. The van der Waals surface area contributed by atoms with Gasteiger partial charge in [-0.15, -0.1) is 0 Å². The maximum atomic E-state index is 11.7. The van der Waals surface area contributed by atoms with Crippen LogP contribution < -0.4 is 0 Å². The minimum absolute atomic E-state index is 0.0347. The molecule has 0 bridgehead atoms. The molecule has 212 valence electrons. The molecule has 0 aliphatic heterocycles. The molecule has 0 amide bonds. The van der Waals surface area contributed by atoms with Crippen molar-refractivity contribution in [2.24, 2.45) is 11.8 Å². The van der Waals surface area contributed by atoms with Gasteiger partial charge in [0.05, 0.1) is 0 Å². The lowest BCUT2D eigenvalue weighted by Crippen LogP contribution is -2.32. The Bertz CT molecular complexity index is 698.